The third kappa shape index (κ3) is 5.78. The van der Waals surface area contributed by atoms with E-state index in [9.17, 15) is 4.79 Å². The monoisotopic (exact) mass is 335 g/mol. The van der Waals surface area contributed by atoms with Gasteiger partial charge < -0.3 is 15.4 Å². The van der Waals surface area contributed by atoms with E-state index >= 15 is 0 Å². The van der Waals surface area contributed by atoms with Crippen LogP contribution in [0, 0.1) is 0 Å². The second-order valence-corrected chi connectivity index (χ2v) is 6.77. The maximum Gasteiger partial charge on any atom is 0.338 e. The number of ether oxygens (including phenoxy) is 1. The van der Waals surface area contributed by atoms with Gasteiger partial charge in [-0.05, 0) is 43.2 Å². The molecule has 0 amide bonds. The number of carbonyl (C=O) groups is 1. The standard InChI is InChI=1S/C17H25N3O2S/c1-3-22-16(21)14-8-6-13(7-9-14)11-19-17(18-2)20-12-15-5-4-10-23-15/h6-9,15H,3-5,10-12H2,1-2H3,(H2,18,19,20). The molecule has 5 nitrogen and oxygen atoms in total. The summed E-state index contributed by atoms with van der Waals surface area (Å²) in [4.78, 5) is 15.9. The SMILES string of the molecule is CCOC(=O)c1ccc(CNC(=NC)NCC2CCCS2)cc1. The molecule has 2 rings (SSSR count). The highest BCUT2D eigenvalue weighted by Crippen LogP contribution is 2.25. The van der Waals surface area contributed by atoms with Crippen molar-refractivity contribution in [3.63, 3.8) is 0 Å². The van der Waals surface area contributed by atoms with Gasteiger partial charge in [0.05, 0.1) is 12.2 Å². The van der Waals surface area contributed by atoms with Gasteiger partial charge in [-0.3, -0.25) is 4.99 Å². The van der Waals surface area contributed by atoms with Gasteiger partial charge in [-0.2, -0.15) is 11.8 Å². The summed E-state index contributed by atoms with van der Waals surface area (Å²) in [6.07, 6.45) is 2.60. The number of rotatable bonds is 6. The maximum absolute atomic E-state index is 11.6. The second-order valence-electron chi connectivity index (χ2n) is 5.36. The first-order valence-corrected chi connectivity index (χ1v) is 9.10. The molecule has 1 aromatic rings. The van der Waals surface area contributed by atoms with Crippen LogP contribution in [-0.2, 0) is 11.3 Å². The minimum Gasteiger partial charge on any atom is -0.462 e. The highest BCUT2D eigenvalue weighted by atomic mass is 32.2. The minimum atomic E-state index is -0.279. The normalized spacial score (nSPS) is 17.8. The van der Waals surface area contributed by atoms with Crippen molar-refractivity contribution in [2.75, 3.05) is 26.0 Å². The molecule has 0 aromatic heterocycles. The van der Waals surface area contributed by atoms with Crippen LogP contribution in [0.3, 0.4) is 0 Å². The van der Waals surface area contributed by atoms with Crippen molar-refractivity contribution in [1.82, 2.24) is 10.6 Å². The fourth-order valence-corrected chi connectivity index (χ4v) is 3.60. The van der Waals surface area contributed by atoms with Crippen LogP contribution in [0.15, 0.2) is 29.3 Å². The molecular formula is C17H25N3O2S. The number of benzene rings is 1. The first-order valence-electron chi connectivity index (χ1n) is 8.05. The third-order valence-electron chi connectivity index (χ3n) is 3.67. The largest absolute Gasteiger partial charge is 0.462 e. The van der Waals surface area contributed by atoms with E-state index in [1.54, 1.807) is 26.1 Å². The number of carbonyl (C=O) groups excluding carboxylic acids is 1. The fraction of sp³-hybridized carbons (Fsp3) is 0.529. The Morgan fingerprint density at radius 3 is 2.74 bits per heavy atom. The smallest absolute Gasteiger partial charge is 0.338 e. The van der Waals surface area contributed by atoms with Crippen LogP contribution < -0.4 is 10.6 Å². The molecule has 1 aliphatic rings. The van der Waals surface area contributed by atoms with Crippen LogP contribution >= 0.6 is 11.8 Å². The Labute approximate surface area is 142 Å². The first kappa shape index (κ1) is 17.7. The van der Waals surface area contributed by atoms with Gasteiger partial charge in [0.2, 0.25) is 0 Å². The molecule has 0 saturated carbocycles. The van der Waals surface area contributed by atoms with Crippen LogP contribution in [0.2, 0.25) is 0 Å². The molecule has 0 bridgehead atoms. The summed E-state index contributed by atoms with van der Waals surface area (Å²) in [5.74, 6) is 1.80. The van der Waals surface area contributed by atoms with Crippen molar-refractivity contribution in [1.29, 1.82) is 0 Å². The Hall–Kier alpha value is -1.69. The number of nitrogens with one attached hydrogen (secondary N) is 2. The number of hydrogen-bond donors (Lipinski definition) is 2. The fourth-order valence-electron chi connectivity index (χ4n) is 2.40. The first-order chi connectivity index (χ1) is 11.2. The highest BCUT2D eigenvalue weighted by Gasteiger charge is 2.15. The van der Waals surface area contributed by atoms with E-state index in [4.69, 9.17) is 4.74 Å². The van der Waals surface area contributed by atoms with E-state index in [0.29, 0.717) is 24.0 Å². The summed E-state index contributed by atoms with van der Waals surface area (Å²) < 4.78 is 4.98. The molecule has 0 spiro atoms. The van der Waals surface area contributed by atoms with E-state index in [1.165, 1.54) is 18.6 Å². The van der Waals surface area contributed by atoms with Crippen LogP contribution in [0.4, 0.5) is 0 Å². The summed E-state index contributed by atoms with van der Waals surface area (Å²) in [6.45, 7) is 3.81. The van der Waals surface area contributed by atoms with Crippen LogP contribution in [0.1, 0.15) is 35.7 Å². The Bertz CT molecular complexity index is 525. The molecule has 1 aromatic carbocycles. The van der Waals surface area contributed by atoms with Gasteiger partial charge in [0.1, 0.15) is 0 Å². The number of guanidine groups is 1. The van der Waals surface area contributed by atoms with Crippen molar-refractivity contribution in [3.8, 4) is 0 Å². The maximum atomic E-state index is 11.6. The Balaban J connectivity index is 1.78. The molecule has 0 aliphatic carbocycles. The summed E-state index contributed by atoms with van der Waals surface area (Å²) in [5, 5.41) is 7.36. The number of hydrogen-bond acceptors (Lipinski definition) is 4. The van der Waals surface area contributed by atoms with Crippen LogP contribution in [-0.4, -0.2) is 43.1 Å². The van der Waals surface area contributed by atoms with E-state index < -0.39 is 0 Å². The van der Waals surface area contributed by atoms with E-state index in [-0.39, 0.29) is 5.97 Å². The number of aliphatic imine (C=N–C) groups is 1. The number of thioether (sulfide) groups is 1. The summed E-state index contributed by atoms with van der Waals surface area (Å²) in [5.41, 5.74) is 1.67. The van der Waals surface area contributed by atoms with Gasteiger partial charge in [-0.1, -0.05) is 12.1 Å². The molecule has 1 saturated heterocycles. The summed E-state index contributed by atoms with van der Waals surface area (Å²) >= 11 is 2.03. The Morgan fingerprint density at radius 2 is 2.13 bits per heavy atom. The van der Waals surface area contributed by atoms with Crippen molar-refractivity contribution < 1.29 is 9.53 Å². The topological polar surface area (TPSA) is 62.7 Å². The number of nitrogens with zero attached hydrogens (tertiary/aromatic N) is 1. The summed E-state index contributed by atoms with van der Waals surface area (Å²) in [6, 6.07) is 7.44. The van der Waals surface area contributed by atoms with Crippen LogP contribution in [0.25, 0.3) is 0 Å². The molecule has 126 valence electrons. The van der Waals surface area contributed by atoms with Gasteiger partial charge in [0.15, 0.2) is 5.96 Å². The van der Waals surface area contributed by atoms with Gasteiger partial charge in [-0.15, -0.1) is 0 Å². The lowest BCUT2D eigenvalue weighted by Crippen LogP contribution is -2.39. The zero-order chi connectivity index (χ0) is 16.5. The Morgan fingerprint density at radius 1 is 1.35 bits per heavy atom. The second kappa shape index (κ2) is 9.45. The molecule has 6 heteroatoms. The zero-order valence-electron chi connectivity index (χ0n) is 13.8. The van der Waals surface area contributed by atoms with Crippen LogP contribution in [0.5, 0.6) is 0 Å². The minimum absolute atomic E-state index is 0.279. The van der Waals surface area contributed by atoms with Crippen molar-refractivity contribution >= 4 is 23.7 Å². The molecule has 1 atom stereocenters. The molecule has 1 heterocycles. The molecule has 1 unspecified atom stereocenters. The highest BCUT2D eigenvalue weighted by molar-refractivity contribution is 8.00. The predicted octanol–water partition coefficient (Wildman–Crippen LogP) is 2.42. The number of esters is 1. The lowest BCUT2D eigenvalue weighted by molar-refractivity contribution is 0.0526. The third-order valence-corrected chi connectivity index (χ3v) is 5.07. The van der Waals surface area contributed by atoms with E-state index in [2.05, 4.69) is 15.6 Å². The lowest BCUT2D eigenvalue weighted by Gasteiger charge is -2.15. The van der Waals surface area contributed by atoms with Gasteiger partial charge in [-0.25, -0.2) is 4.79 Å². The molecule has 2 N–H and O–H groups in total. The molecule has 0 radical (unpaired) electrons. The molecular weight excluding hydrogens is 310 g/mol. The average Bonchev–Trinajstić information content (AvgIpc) is 3.09. The van der Waals surface area contributed by atoms with Gasteiger partial charge >= 0.3 is 5.97 Å². The molecule has 23 heavy (non-hydrogen) atoms. The van der Waals surface area contributed by atoms with E-state index in [1.807, 2.05) is 23.9 Å². The lowest BCUT2D eigenvalue weighted by atomic mass is 10.1. The Kier molecular flexibility index (Phi) is 7.26. The van der Waals surface area contributed by atoms with Crippen molar-refractivity contribution in [2.24, 2.45) is 4.99 Å². The van der Waals surface area contributed by atoms with Gasteiger partial charge in [0, 0.05) is 25.4 Å². The predicted molar refractivity (Wildman–Crippen MR) is 96.1 cm³/mol. The van der Waals surface area contributed by atoms with Crippen molar-refractivity contribution in [3.05, 3.63) is 35.4 Å². The zero-order valence-corrected chi connectivity index (χ0v) is 14.6. The average molecular weight is 335 g/mol. The quantitative estimate of drug-likeness (QED) is 0.475. The van der Waals surface area contributed by atoms with Gasteiger partial charge in [0.25, 0.3) is 0 Å². The van der Waals surface area contributed by atoms with E-state index in [0.717, 1.165) is 18.1 Å². The summed E-state index contributed by atoms with van der Waals surface area (Å²) in [7, 11) is 1.78. The molecule has 1 aliphatic heterocycles. The van der Waals surface area contributed by atoms with Crippen molar-refractivity contribution in [2.45, 2.75) is 31.6 Å². The molecule has 1 fully saturated rings.